The van der Waals surface area contributed by atoms with E-state index in [1.54, 1.807) is 0 Å². The highest BCUT2D eigenvalue weighted by Crippen LogP contribution is 2.36. The Morgan fingerprint density at radius 1 is 1.14 bits per heavy atom. The summed E-state index contributed by atoms with van der Waals surface area (Å²) in [5.41, 5.74) is 0. The molecule has 2 aliphatic heterocycles. The van der Waals surface area contributed by atoms with Crippen LogP contribution in [0.25, 0.3) is 10.1 Å². The van der Waals surface area contributed by atoms with Gasteiger partial charge in [-0.05, 0) is 38.4 Å². The third-order valence-corrected chi connectivity index (χ3v) is 6.57. The van der Waals surface area contributed by atoms with Crippen LogP contribution < -0.4 is 0 Å². The summed E-state index contributed by atoms with van der Waals surface area (Å²) >= 11 is 8.43. The largest absolute Gasteiger partial charge is 0.299 e. The molecule has 4 heteroatoms. The Morgan fingerprint density at radius 3 is 2.76 bits per heavy atom. The highest BCUT2D eigenvalue weighted by molar-refractivity contribution is 7.19. The predicted octanol–water partition coefficient (Wildman–Crippen LogP) is 4.22. The summed E-state index contributed by atoms with van der Waals surface area (Å²) in [4.78, 5) is 6.60. The van der Waals surface area contributed by atoms with E-state index in [9.17, 15) is 0 Å². The third-order valence-electron chi connectivity index (χ3n) is 4.87. The Morgan fingerprint density at radius 2 is 1.95 bits per heavy atom. The van der Waals surface area contributed by atoms with Crippen LogP contribution in [0.15, 0.2) is 24.3 Å². The van der Waals surface area contributed by atoms with Crippen molar-refractivity contribution in [3.8, 4) is 0 Å². The van der Waals surface area contributed by atoms with E-state index in [2.05, 4.69) is 34.1 Å². The van der Waals surface area contributed by atoms with E-state index in [0.717, 1.165) is 17.6 Å². The number of thiophene rings is 1. The molecule has 0 N–H and O–H groups in total. The number of benzene rings is 1. The summed E-state index contributed by atoms with van der Waals surface area (Å²) in [6.07, 6.45) is 4.10. The Bertz CT molecular complexity index is 633. The normalized spacial score (nSPS) is 24.3. The lowest BCUT2D eigenvalue weighted by atomic mass is 10.2. The fraction of sp³-hybridized carbons (Fsp3) is 0.529. The minimum Gasteiger partial charge on any atom is -0.299 e. The van der Waals surface area contributed by atoms with Gasteiger partial charge in [0.15, 0.2) is 0 Å². The Balaban J connectivity index is 1.47. The summed E-state index contributed by atoms with van der Waals surface area (Å²) in [5.74, 6) is 0. The average molecular weight is 321 g/mol. The first-order chi connectivity index (χ1) is 10.3. The summed E-state index contributed by atoms with van der Waals surface area (Å²) < 4.78 is 1.31. The fourth-order valence-electron chi connectivity index (χ4n) is 3.73. The average Bonchev–Trinajstić information content (AvgIpc) is 3.21. The van der Waals surface area contributed by atoms with Gasteiger partial charge in [0.25, 0.3) is 0 Å². The molecule has 0 saturated carbocycles. The SMILES string of the molecule is Clc1c(CN2CC[C@H](N3CCCC3)C2)sc2ccccc12. The van der Waals surface area contributed by atoms with Gasteiger partial charge in [0.1, 0.15) is 0 Å². The van der Waals surface area contributed by atoms with Gasteiger partial charge in [-0.3, -0.25) is 9.80 Å². The highest BCUT2D eigenvalue weighted by atomic mass is 35.5. The number of fused-ring (bicyclic) bond motifs is 1. The van der Waals surface area contributed by atoms with Crippen molar-refractivity contribution in [3.63, 3.8) is 0 Å². The molecule has 0 aliphatic carbocycles. The molecule has 0 bridgehead atoms. The molecule has 1 aromatic heterocycles. The van der Waals surface area contributed by atoms with E-state index >= 15 is 0 Å². The topological polar surface area (TPSA) is 6.48 Å². The molecule has 1 aromatic carbocycles. The van der Waals surface area contributed by atoms with Gasteiger partial charge in [-0.25, -0.2) is 0 Å². The Labute approximate surface area is 135 Å². The maximum absolute atomic E-state index is 6.57. The summed E-state index contributed by atoms with van der Waals surface area (Å²) in [6, 6.07) is 9.25. The second-order valence-electron chi connectivity index (χ2n) is 6.26. The van der Waals surface area contributed by atoms with Crippen molar-refractivity contribution in [3.05, 3.63) is 34.2 Å². The molecule has 0 amide bonds. The molecule has 0 spiro atoms. The number of hydrogen-bond acceptors (Lipinski definition) is 3. The molecule has 2 fully saturated rings. The summed E-state index contributed by atoms with van der Waals surface area (Å²) in [7, 11) is 0. The number of likely N-dealkylation sites (tertiary alicyclic amines) is 2. The van der Waals surface area contributed by atoms with Crippen molar-refractivity contribution in [2.45, 2.75) is 31.8 Å². The molecule has 3 heterocycles. The van der Waals surface area contributed by atoms with Gasteiger partial charge >= 0.3 is 0 Å². The first-order valence-corrected chi connectivity index (χ1v) is 9.13. The maximum Gasteiger partial charge on any atom is 0.0637 e. The molecule has 21 heavy (non-hydrogen) atoms. The zero-order valence-electron chi connectivity index (χ0n) is 12.2. The van der Waals surface area contributed by atoms with E-state index < -0.39 is 0 Å². The van der Waals surface area contributed by atoms with Crippen LogP contribution >= 0.6 is 22.9 Å². The maximum atomic E-state index is 6.57. The van der Waals surface area contributed by atoms with Gasteiger partial charge in [0, 0.05) is 40.6 Å². The van der Waals surface area contributed by atoms with Gasteiger partial charge in [0.2, 0.25) is 0 Å². The lowest BCUT2D eigenvalue weighted by Gasteiger charge is -2.23. The van der Waals surface area contributed by atoms with E-state index in [-0.39, 0.29) is 0 Å². The molecule has 0 radical (unpaired) electrons. The monoisotopic (exact) mass is 320 g/mol. The molecule has 2 aliphatic rings. The van der Waals surface area contributed by atoms with Crippen LogP contribution in [0.2, 0.25) is 5.02 Å². The summed E-state index contributed by atoms with van der Waals surface area (Å²) in [5, 5.41) is 2.19. The van der Waals surface area contributed by atoms with Crippen LogP contribution in [0.4, 0.5) is 0 Å². The van der Waals surface area contributed by atoms with Gasteiger partial charge in [-0.1, -0.05) is 29.8 Å². The molecule has 112 valence electrons. The quantitative estimate of drug-likeness (QED) is 0.835. The molecule has 4 rings (SSSR count). The molecular formula is C17H21ClN2S. The lowest BCUT2D eigenvalue weighted by Crippen LogP contribution is -2.35. The third kappa shape index (κ3) is 2.72. The van der Waals surface area contributed by atoms with Gasteiger partial charge in [-0.2, -0.15) is 0 Å². The fourth-order valence-corrected chi connectivity index (χ4v) is 5.27. The van der Waals surface area contributed by atoms with E-state index in [4.69, 9.17) is 11.6 Å². The Hall–Kier alpha value is -0.610. The zero-order valence-corrected chi connectivity index (χ0v) is 13.8. The van der Waals surface area contributed by atoms with Crippen LogP contribution in [0.3, 0.4) is 0 Å². The minimum atomic E-state index is 0.778. The second-order valence-corrected chi connectivity index (χ2v) is 7.77. The van der Waals surface area contributed by atoms with Crippen molar-refractivity contribution in [1.29, 1.82) is 0 Å². The number of nitrogens with zero attached hydrogens (tertiary/aromatic N) is 2. The van der Waals surface area contributed by atoms with Crippen molar-refractivity contribution < 1.29 is 0 Å². The zero-order chi connectivity index (χ0) is 14.2. The number of halogens is 1. The number of hydrogen-bond donors (Lipinski definition) is 0. The van der Waals surface area contributed by atoms with Gasteiger partial charge in [0.05, 0.1) is 5.02 Å². The minimum absolute atomic E-state index is 0.778. The summed E-state index contributed by atoms with van der Waals surface area (Å²) in [6.45, 7) is 6.06. The van der Waals surface area contributed by atoms with Crippen molar-refractivity contribution >= 4 is 33.0 Å². The highest BCUT2D eigenvalue weighted by Gasteiger charge is 2.29. The molecule has 1 atom stereocenters. The first kappa shape index (κ1) is 14.0. The smallest absolute Gasteiger partial charge is 0.0637 e. The van der Waals surface area contributed by atoms with Gasteiger partial charge in [-0.15, -0.1) is 11.3 Å². The molecule has 2 nitrogen and oxygen atoms in total. The van der Waals surface area contributed by atoms with E-state index in [1.165, 1.54) is 60.4 Å². The van der Waals surface area contributed by atoms with Crippen molar-refractivity contribution in [2.24, 2.45) is 0 Å². The van der Waals surface area contributed by atoms with Crippen LogP contribution in [0.5, 0.6) is 0 Å². The predicted molar refractivity (Wildman–Crippen MR) is 91.3 cm³/mol. The Kier molecular flexibility index (Phi) is 3.92. The first-order valence-electron chi connectivity index (χ1n) is 7.93. The molecular weight excluding hydrogens is 300 g/mol. The number of rotatable bonds is 3. The van der Waals surface area contributed by atoms with Crippen LogP contribution in [0, 0.1) is 0 Å². The van der Waals surface area contributed by atoms with E-state index in [1.807, 2.05) is 11.3 Å². The van der Waals surface area contributed by atoms with E-state index in [0.29, 0.717) is 0 Å². The van der Waals surface area contributed by atoms with Crippen molar-refractivity contribution in [1.82, 2.24) is 9.80 Å². The lowest BCUT2D eigenvalue weighted by molar-refractivity contribution is 0.230. The van der Waals surface area contributed by atoms with Crippen LogP contribution in [-0.2, 0) is 6.54 Å². The van der Waals surface area contributed by atoms with Crippen molar-refractivity contribution in [2.75, 3.05) is 26.2 Å². The van der Waals surface area contributed by atoms with Gasteiger partial charge < -0.3 is 0 Å². The molecule has 0 unspecified atom stereocenters. The second kappa shape index (κ2) is 5.88. The molecule has 2 saturated heterocycles. The van der Waals surface area contributed by atoms with Crippen LogP contribution in [0.1, 0.15) is 24.1 Å². The standard InChI is InChI=1S/C17H21ClN2S/c18-17-14-5-1-2-6-15(14)21-16(17)12-19-10-7-13(11-19)20-8-3-4-9-20/h1-2,5-6,13H,3-4,7-12H2/t13-/m0/s1. The molecule has 2 aromatic rings. The van der Waals surface area contributed by atoms with Crippen LogP contribution in [-0.4, -0.2) is 42.0 Å².